The van der Waals surface area contributed by atoms with Crippen molar-refractivity contribution < 1.29 is 4.74 Å². The number of halogens is 1. The molecule has 1 aromatic carbocycles. The quantitative estimate of drug-likeness (QED) is 0.797. The number of benzene rings is 1. The lowest BCUT2D eigenvalue weighted by Crippen LogP contribution is -2.34. The summed E-state index contributed by atoms with van der Waals surface area (Å²) in [5, 5.41) is 3.37. The van der Waals surface area contributed by atoms with Gasteiger partial charge in [-0.1, -0.05) is 22.9 Å². The van der Waals surface area contributed by atoms with E-state index in [1.54, 1.807) is 7.11 Å². The van der Waals surface area contributed by atoms with Crippen LogP contribution in [0.5, 0.6) is 5.75 Å². The summed E-state index contributed by atoms with van der Waals surface area (Å²) < 4.78 is 5.31. The van der Waals surface area contributed by atoms with Gasteiger partial charge in [-0.3, -0.25) is 0 Å². The van der Waals surface area contributed by atoms with Crippen molar-refractivity contribution >= 4 is 32.5 Å². The molecule has 2 atom stereocenters. The molecule has 3 rings (SSSR count). The molecule has 1 aromatic heterocycles. The van der Waals surface area contributed by atoms with Gasteiger partial charge in [0.1, 0.15) is 11.6 Å². The Morgan fingerprint density at radius 1 is 1.40 bits per heavy atom. The maximum absolute atomic E-state index is 5.31. The molecule has 0 bridgehead atoms. The summed E-state index contributed by atoms with van der Waals surface area (Å²) in [5.41, 5.74) is 0. The molecule has 1 aliphatic rings. The molecule has 2 unspecified atom stereocenters. The van der Waals surface area contributed by atoms with Crippen LogP contribution < -0.4 is 9.64 Å². The summed E-state index contributed by atoms with van der Waals surface area (Å²) in [4.78, 5) is 7.08. The Hall–Kier alpha value is -1.29. The summed E-state index contributed by atoms with van der Waals surface area (Å²) in [6.07, 6.45) is 3.12. The third-order valence-corrected chi connectivity index (χ3v) is 4.93. The Balaban J connectivity index is 2.07. The van der Waals surface area contributed by atoms with Gasteiger partial charge >= 0.3 is 0 Å². The summed E-state index contributed by atoms with van der Waals surface area (Å²) in [6.45, 7) is 3.40. The molecule has 0 aliphatic carbocycles. The minimum atomic E-state index is 0.523. The van der Waals surface area contributed by atoms with Gasteiger partial charge in [-0.05, 0) is 42.0 Å². The first-order valence-electron chi connectivity index (χ1n) is 7.00. The summed E-state index contributed by atoms with van der Waals surface area (Å²) in [7, 11) is 1.70. The number of hydrogen-bond donors (Lipinski definition) is 0. The lowest BCUT2D eigenvalue weighted by Gasteiger charge is -2.27. The maximum atomic E-state index is 5.31. The second-order valence-corrected chi connectivity index (χ2v) is 6.05. The zero-order valence-corrected chi connectivity index (χ0v) is 13.4. The van der Waals surface area contributed by atoms with Gasteiger partial charge in [0.25, 0.3) is 0 Å². The standard InChI is InChI=1S/C16H19BrN2O/c1-11-6-8-19(15(11)10-17)16-14-4-3-13(20-2)9-12(14)5-7-18-16/h3-5,7,9,11,15H,6,8,10H2,1-2H3. The third kappa shape index (κ3) is 2.26. The Morgan fingerprint density at radius 2 is 2.25 bits per heavy atom. The van der Waals surface area contributed by atoms with Gasteiger partial charge in [0.2, 0.25) is 0 Å². The number of ether oxygens (including phenoxy) is 1. The third-order valence-electron chi connectivity index (χ3n) is 4.26. The monoisotopic (exact) mass is 334 g/mol. The van der Waals surface area contributed by atoms with Crippen molar-refractivity contribution in [3.63, 3.8) is 0 Å². The molecule has 20 heavy (non-hydrogen) atoms. The normalized spacial score (nSPS) is 22.4. The zero-order chi connectivity index (χ0) is 14.1. The zero-order valence-electron chi connectivity index (χ0n) is 11.8. The minimum absolute atomic E-state index is 0.523. The molecule has 0 saturated carbocycles. The molecule has 0 spiro atoms. The highest BCUT2D eigenvalue weighted by atomic mass is 79.9. The van der Waals surface area contributed by atoms with Crippen molar-refractivity contribution in [3.8, 4) is 5.75 Å². The molecule has 0 amide bonds. The molecular weight excluding hydrogens is 316 g/mol. The lowest BCUT2D eigenvalue weighted by atomic mass is 10.0. The van der Waals surface area contributed by atoms with Crippen LogP contribution in [0.2, 0.25) is 0 Å². The summed E-state index contributed by atoms with van der Waals surface area (Å²) in [5.74, 6) is 2.69. The van der Waals surface area contributed by atoms with E-state index in [-0.39, 0.29) is 0 Å². The minimum Gasteiger partial charge on any atom is -0.497 e. The van der Waals surface area contributed by atoms with E-state index in [1.807, 2.05) is 18.3 Å². The first kappa shape index (κ1) is 13.7. The van der Waals surface area contributed by atoms with Crippen LogP contribution in [0.1, 0.15) is 13.3 Å². The van der Waals surface area contributed by atoms with Crippen LogP contribution in [0.4, 0.5) is 5.82 Å². The average Bonchev–Trinajstić information content (AvgIpc) is 2.86. The highest BCUT2D eigenvalue weighted by molar-refractivity contribution is 9.09. The van der Waals surface area contributed by atoms with E-state index in [4.69, 9.17) is 4.74 Å². The second kappa shape index (κ2) is 5.60. The molecule has 2 heterocycles. The average molecular weight is 335 g/mol. The van der Waals surface area contributed by atoms with Crippen LogP contribution in [0.3, 0.4) is 0 Å². The van der Waals surface area contributed by atoms with Crippen molar-refractivity contribution in [3.05, 3.63) is 30.5 Å². The van der Waals surface area contributed by atoms with E-state index < -0.39 is 0 Å². The van der Waals surface area contributed by atoms with Crippen molar-refractivity contribution in [2.45, 2.75) is 19.4 Å². The number of fused-ring (bicyclic) bond motifs is 1. The molecule has 2 aromatic rings. The second-order valence-electron chi connectivity index (χ2n) is 5.40. The number of nitrogens with zero attached hydrogens (tertiary/aromatic N) is 2. The molecule has 1 fully saturated rings. The topological polar surface area (TPSA) is 25.4 Å². The van der Waals surface area contributed by atoms with Crippen molar-refractivity contribution in [2.75, 3.05) is 23.9 Å². The van der Waals surface area contributed by atoms with Gasteiger partial charge in [0.15, 0.2) is 0 Å². The van der Waals surface area contributed by atoms with Crippen LogP contribution in [-0.2, 0) is 0 Å². The van der Waals surface area contributed by atoms with E-state index in [0.29, 0.717) is 12.0 Å². The van der Waals surface area contributed by atoms with Crippen LogP contribution in [0.15, 0.2) is 30.5 Å². The molecule has 3 nitrogen and oxygen atoms in total. The smallest absolute Gasteiger partial charge is 0.136 e. The number of pyridine rings is 1. The Bertz CT molecular complexity index is 616. The van der Waals surface area contributed by atoms with Gasteiger partial charge in [0.05, 0.1) is 7.11 Å². The first-order chi connectivity index (χ1) is 9.74. The van der Waals surface area contributed by atoms with Crippen LogP contribution in [-0.4, -0.2) is 30.0 Å². The highest BCUT2D eigenvalue weighted by Gasteiger charge is 2.31. The summed E-state index contributed by atoms with van der Waals surface area (Å²) >= 11 is 3.65. The fourth-order valence-electron chi connectivity index (χ4n) is 3.00. The molecule has 0 radical (unpaired) electrons. The number of hydrogen-bond acceptors (Lipinski definition) is 3. The SMILES string of the molecule is COc1ccc2c(N3CCC(C)C3CBr)nccc2c1. The Kier molecular flexibility index (Phi) is 3.83. The van der Waals surface area contributed by atoms with Crippen LogP contribution >= 0.6 is 15.9 Å². The fraction of sp³-hybridized carbons (Fsp3) is 0.438. The number of rotatable bonds is 3. The molecule has 1 saturated heterocycles. The van der Waals surface area contributed by atoms with Crippen LogP contribution in [0.25, 0.3) is 10.8 Å². The maximum Gasteiger partial charge on any atom is 0.136 e. The molecule has 106 valence electrons. The van der Waals surface area contributed by atoms with Crippen molar-refractivity contribution in [1.29, 1.82) is 0 Å². The number of anilines is 1. The largest absolute Gasteiger partial charge is 0.497 e. The van der Waals surface area contributed by atoms with Crippen molar-refractivity contribution in [1.82, 2.24) is 4.98 Å². The van der Waals surface area contributed by atoms with Crippen molar-refractivity contribution in [2.24, 2.45) is 5.92 Å². The predicted octanol–water partition coefficient (Wildman–Crippen LogP) is 3.85. The van der Waals surface area contributed by atoms with E-state index in [9.17, 15) is 0 Å². The summed E-state index contributed by atoms with van der Waals surface area (Å²) in [6, 6.07) is 8.77. The Morgan fingerprint density at radius 3 is 3.00 bits per heavy atom. The van der Waals surface area contributed by atoms with E-state index in [0.717, 1.165) is 23.4 Å². The van der Waals surface area contributed by atoms with Crippen LogP contribution in [0, 0.1) is 5.92 Å². The lowest BCUT2D eigenvalue weighted by molar-refractivity contribution is 0.415. The van der Waals surface area contributed by atoms with E-state index in [2.05, 4.69) is 44.9 Å². The molecule has 0 N–H and O–H groups in total. The molecular formula is C16H19BrN2O. The van der Waals surface area contributed by atoms with Gasteiger partial charge in [0, 0.05) is 29.5 Å². The number of aromatic nitrogens is 1. The van der Waals surface area contributed by atoms with Gasteiger partial charge in [-0.15, -0.1) is 0 Å². The van der Waals surface area contributed by atoms with Gasteiger partial charge < -0.3 is 9.64 Å². The van der Waals surface area contributed by atoms with Gasteiger partial charge in [-0.25, -0.2) is 4.98 Å². The number of alkyl halides is 1. The van der Waals surface area contributed by atoms with Gasteiger partial charge in [-0.2, -0.15) is 0 Å². The Labute approximate surface area is 128 Å². The predicted molar refractivity (Wildman–Crippen MR) is 87.0 cm³/mol. The fourth-order valence-corrected chi connectivity index (χ4v) is 3.99. The highest BCUT2D eigenvalue weighted by Crippen LogP contribution is 2.34. The van der Waals surface area contributed by atoms with E-state index >= 15 is 0 Å². The molecule has 4 heteroatoms. The number of methoxy groups -OCH3 is 1. The van der Waals surface area contributed by atoms with E-state index in [1.165, 1.54) is 17.2 Å². The first-order valence-corrected chi connectivity index (χ1v) is 8.12. The molecule has 1 aliphatic heterocycles.